The van der Waals surface area contributed by atoms with Gasteiger partial charge in [-0.2, -0.15) is 0 Å². The molecular formula is C31H34N6O5S. The van der Waals surface area contributed by atoms with Crippen molar-refractivity contribution in [3.8, 4) is 22.9 Å². The van der Waals surface area contributed by atoms with Crippen LogP contribution >= 0.6 is 0 Å². The van der Waals surface area contributed by atoms with Gasteiger partial charge in [0, 0.05) is 35.2 Å². The smallest absolute Gasteiger partial charge is 0.404 e. The summed E-state index contributed by atoms with van der Waals surface area (Å²) in [5, 5.41) is 16.1. The number of carbonyl (C=O) groups is 1. The van der Waals surface area contributed by atoms with E-state index in [1.807, 2.05) is 49.4 Å². The monoisotopic (exact) mass is 602 g/mol. The molecule has 4 aromatic rings. The minimum Gasteiger partial charge on any atom is -0.465 e. The van der Waals surface area contributed by atoms with Crippen LogP contribution in [0.15, 0.2) is 60.9 Å². The van der Waals surface area contributed by atoms with Crippen LogP contribution in [0, 0.1) is 6.92 Å². The number of fused-ring (bicyclic) bond motifs is 1. The molecule has 0 aliphatic heterocycles. The van der Waals surface area contributed by atoms with E-state index in [1.54, 1.807) is 18.5 Å². The van der Waals surface area contributed by atoms with Gasteiger partial charge in [0.25, 0.3) is 0 Å². The summed E-state index contributed by atoms with van der Waals surface area (Å²) in [5.41, 5.74) is 2.61. The maximum absolute atomic E-state index is 12.9. The molecule has 0 bridgehead atoms. The van der Waals surface area contributed by atoms with Crippen LogP contribution in [-0.2, 0) is 10.0 Å². The third kappa shape index (κ3) is 6.34. The Bertz CT molecular complexity index is 1750. The minimum atomic E-state index is -3.47. The highest BCUT2D eigenvalue weighted by Gasteiger charge is 2.32. The molecule has 0 unspecified atom stereocenters. The zero-order chi connectivity index (χ0) is 30.0. The second-order valence-corrected chi connectivity index (χ2v) is 13.1. The number of carboxylic acid groups (broad SMARTS) is 1. The van der Waals surface area contributed by atoms with Crippen molar-refractivity contribution in [2.75, 3.05) is 10.0 Å². The van der Waals surface area contributed by atoms with Gasteiger partial charge in [-0.05, 0) is 75.3 Å². The summed E-state index contributed by atoms with van der Waals surface area (Å²) in [6.45, 7) is 1.89. The van der Waals surface area contributed by atoms with Crippen molar-refractivity contribution in [1.82, 2.24) is 20.3 Å². The van der Waals surface area contributed by atoms with E-state index < -0.39 is 16.1 Å². The molecule has 0 saturated heterocycles. The molecule has 11 nitrogen and oxygen atoms in total. The third-order valence-corrected chi connectivity index (χ3v) is 10.1. The number of benzene rings is 2. The normalized spacial score (nSPS) is 18.9. The zero-order valence-corrected chi connectivity index (χ0v) is 24.6. The highest BCUT2D eigenvalue weighted by atomic mass is 32.2. The van der Waals surface area contributed by atoms with Gasteiger partial charge in [-0.1, -0.05) is 30.7 Å². The summed E-state index contributed by atoms with van der Waals surface area (Å²) in [6, 6.07) is 15.0. The van der Waals surface area contributed by atoms with Crippen LogP contribution in [0.3, 0.4) is 0 Å². The fourth-order valence-electron chi connectivity index (χ4n) is 5.71. The maximum atomic E-state index is 12.9. The van der Waals surface area contributed by atoms with Crippen molar-refractivity contribution < 1.29 is 23.1 Å². The van der Waals surface area contributed by atoms with Gasteiger partial charge in [-0.3, -0.25) is 4.72 Å². The molecule has 4 N–H and O–H groups in total. The van der Waals surface area contributed by atoms with Gasteiger partial charge in [0.05, 0.1) is 22.2 Å². The molecule has 2 fully saturated rings. The van der Waals surface area contributed by atoms with Crippen LogP contribution < -0.4 is 20.1 Å². The molecule has 2 aromatic carbocycles. The van der Waals surface area contributed by atoms with Crippen molar-refractivity contribution in [3.05, 3.63) is 66.5 Å². The minimum absolute atomic E-state index is 0.0329. The van der Waals surface area contributed by atoms with Crippen LogP contribution in [0.2, 0.25) is 0 Å². The molecule has 2 saturated carbocycles. The average Bonchev–Trinajstić information content (AvgIpc) is 2.95. The molecule has 2 heterocycles. The third-order valence-electron chi connectivity index (χ3n) is 8.21. The molecule has 0 radical (unpaired) electrons. The number of aromatic nitrogens is 3. The van der Waals surface area contributed by atoms with E-state index in [-0.39, 0.29) is 17.3 Å². The summed E-state index contributed by atoms with van der Waals surface area (Å²) in [7, 11) is -3.47. The molecule has 0 spiro atoms. The molecule has 12 heteroatoms. The van der Waals surface area contributed by atoms with Gasteiger partial charge in [0.1, 0.15) is 5.75 Å². The highest BCUT2D eigenvalue weighted by Crippen LogP contribution is 2.40. The van der Waals surface area contributed by atoms with E-state index in [2.05, 4.69) is 25.3 Å². The van der Waals surface area contributed by atoms with Crippen molar-refractivity contribution in [2.24, 2.45) is 0 Å². The van der Waals surface area contributed by atoms with Crippen LogP contribution in [0.5, 0.6) is 11.6 Å². The zero-order valence-electron chi connectivity index (χ0n) is 23.8. The Morgan fingerprint density at radius 1 is 0.930 bits per heavy atom. The standard InChI is InChI=1S/C31H34N6O5S/c1-19-18-27(37-43(40,41)22-6-4-7-22)23-8-2-3-9-24(23)28(19)42-29-25(10-5-16-32-29)26-15-17-33-30(36-26)34-20-11-13-21(14-12-20)35-31(38)39/h2-3,5,8-10,15-18,20-22,35,37H,4,6-7,11-14H2,1H3,(H,38,39)(H,33,34,36). The molecule has 224 valence electrons. The molecule has 2 aliphatic carbocycles. The van der Waals surface area contributed by atoms with E-state index in [9.17, 15) is 13.2 Å². The highest BCUT2D eigenvalue weighted by molar-refractivity contribution is 7.93. The number of hydrogen-bond acceptors (Lipinski definition) is 8. The van der Waals surface area contributed by atoms with Crippen molar-refractivity contribution in [2.45, 2.75) is 69.2 Å². The van der Waals surface area contributed by atoms with Crippen LogP contribution in [0.1, 0.15) is 50.5 Å². The van der Waals surface area contributed by atoms with Gasteiger partial charge in [-0.25, -0.2) is 28.2 Å². The van der Waals surface area contributed by atoms with Crippen molar-refractivity contribution >= 4 is 38.5 Å². The number of rotatable bonds is 9. The second kappa shape index (κ2) is 12.0. The lowest BCUT2D eigenvalue weighted by Crippen LogP contribution is -2.39. The van der Waals surface area contributed by atoms with Crippen LogP contribution in [-0.4, -0.2) is 51.9 Å². The predicted molar refractivity (Wildman–Crippen MR) is 165 cm³/mol. The number of ether oxygens (including phenoxy) is 1. The van der Waals surface area contributed by atoms with E-state index in [0.29, 0.717) is 47.4 Å². The number of anilines is 2. The SMILES string of the molecule is Cc1cc(NS(=O)(=O)C2CCC2)c2ccccc2c1Oc1ncccc1-c1ccnc(NC2CCC(NC(=O)O)CC2)n1. The number of nitrogens with zero attached hydrogens (tertiary/aromatic N) is 3. The van der Waals surface area contributed by atoms with Crippen LogP contribution in [0.4, 0.5) is 16.4 Å². The van der Waals surface area contributed by atoms with E-state index >= 15 is 0 Å². The summed E-state index contributed by atoms with van der Waals surface area (Å²) in [6.07, 6.45) is 7.75. The van der Waals surface area contributed by atoms with Crippen molar-refractivity contribution in [3.63, 3.8) is 0 Å². The van der Waals surface area contributed by atoms with Gasteiger partial charge in [-0.15, -0.1) is 0 Å². The number of pyridine rings is 1. The molecule has 2 aromatic heterocycles. The Morgan fingerprint density at radius 3 is 2.40 bits per heavy atom. The summed E-state index contributed by atoms with van der Waals surface area (Å²) in [5.74, 6) is 1.43. The van der Waals surface area contributed by atoms with Crippen LogP contribution in [0.25, 0.3) is 22.0 Å². The quantitative estimate of drug-likeness (QED) is 0.178. The Morgan fingerprint density at radius 2 is 1.67 bits per heavy atom. The Labute approximate surface area is 250 Å². The molecular weight excluding hydrogens is 568 g/mol. The summed E-state index contributed by atoms with van der Waals surface area (Å²) >= 11 is 0. The van der Waals surface area contributed by atoms with Gasteiger partial charge < -0.3 is 20.5 Å². The maximum Gasteiger partial charge on any atom is 0.404 e. The van der Waals surface area contributed by atoms with Crippen molar-refractivity contribution in [1.29, 1.82) is 0 Å². The second-order valence-electron chi connectivity index (χ2n) is 11.2. The molecule has 6 rings (SSSR count). The van der Waals surface area contributed by atoms with E-state index in [0.717, 1.165) is 48.4 Å². The lowest BCUT2D eigenvalue weighted by molar-refractivity contribution is 0.185. The Balaban J connectivity index is 1.25. The lowest BCUT2D eigenvalue weighted by atomic mass is 9.91. The predicted octanol–water partition coefficient (Wildman–Crippen LogP) is 6.08. The first-order valence-electron chi connectivity index (χ1n) is 14.5. The summed E-state index contributed by atoms with van der Waals surface area (Å²) < 4.78 is 35.2. The fourth-order valence-corrected chi connectivity index (χ4v) is 7.30. The number of hydrogen-bond donors (Lipinski definition) is 4. The summed E-state index contributed by atoms with van der Waals surface area (Å²) in [4.78, 5) is 24.6. The number of amides is 1. The number of sulfonamides is 1. The first-order valence-corrected chi connectivity index (χ1v) is 16.1. The topological polar surface area (TPSA) is 155 Å². The van der Waals surface area contributed by atoms with E-state index in [1.165, 1.54) is 0 Å². The lowest BCUT2D eigenvalue weighted by Gasteiger charge is -2.28. The van der Waals surface area contributed by atoms with E-state index in [4.69, 9.17) is 14.8 Å². The van der Waals surface area contributed by atoms with Gasteiger partial charge in [0.15, 0.2) is 0 Å². The molecule has 1 amide bonds. The Kier molecular flexibility index (Phi) is 8.02. The first kappa shape index (κ1) is 28.7. The van der Waals surface area contributed by atoms with Gasteiger partial charge in [0.2, 0.25) is 21.9 Å². The fraction of sp³-hybridized carbons (Fsp3) is 0.355. The number of nitrogens with one attached hydrogen (secondary N) is 3. The number of aryl methyl sites for hydroxylation is 1. The largest absolute Gasteiger partial charge is 0.465 e. The average molecular weight is 603 g/mol. The Hall–Kier alpha value is -4.45. The molecule has 2 aliphatic rings. The molecule has 0 atom stereocenters. The van der Waals surface area contributed by atoms with Gasteiger partial charge >= 0.3 is 6.09 Å². The first-order chi connectivity index (χ1) is 20.8. The molecule has 43 heavy (non-hydrogen) atoms.